The van der Waals surface area contributed by atoms with Crippen molar-refractivity contribution in [3.05, 3.63) is 45.8 Å². The number of benzene rings is 1. The lowest BCUT2D eigenvalue weighted by Crippen LogP contribution is -1.95. The largest absolute Gasteiger partial charge is 0.241 e. The number of alkyl halides is 1. The van der Waals surface area contributed by atoms with Crippen LogP contribution in [0.25, 0.3) is 5.69 Å². The first-order valence-corrected chi connectivity index (χ1v) is 5.77. The number of halogens is 2. The Bertz CT molecular complexity index is 439. The number of hydrogen-bond acceptors (Lipinski definition) is 1. The first kappa shape index (κ1) is 9.98. The summed E-state index contributed by atoms with van der Waals surface area (Å²) in [6.07, 6.45) is 1.92. The molecule has 0 aliphatic carbocycles. The first-order valence-electron chi connectivity index (χ1n) is 4.16. The molecular weight excluding hydrogens is 310 g/mol. The highest BCUT2D eigenvalue weighted by molar-refractivity contribution is 14.1. The smallest absolute Gasteiger partial charge is 0.0776 e. The van der Waals surface area contributed by atoms with Gasteiger partial charge in [0.05, 0.1) is 17.3 Å². The second-order valence-corrected chi connectivity index (χ2v) is 4.38. The minimum Gasteiger partial charge on any atom is -0.241 e. The molecule has 0 saturated heterocycles. The number of hydrogen-bond donors (Lipinski definition) is 0. The van der Waals surface area contributed by atoms with E-state index in [1.54, 1.807) is 0 Å². The van der Waals surface area contributed by atoms with Crippen LogP contribution in [0.1, 0.15) is 5.69 Å². The molecule has 1 aromatic carbocycles. The Morgan fingerprint density at radius 1 is 1.36 bits per heavy atom. The molecule has 0 saturated carbocycles. The molecule has 0 aliphatic rings. The van der Waals surface area contributed by atoms with E-state index in [1.807, 2.05) is 29.1 Å². The SMILES string of the molecule is ClCc1ccn(-c2cccc(I)c2)n1. The summed E-state index contributed by atoms with van der Waals surface area (Å²) < 4.78 is 3.03. The molecule has 0 spiro atoms. The Hall–Kier alpha value is -0.550. The Morgan fingerprint density at radius 3 is 2.86 bits per heavy atom. The summed E-state index contributed by atoms with van der Waals surface area (Å²) in [5, 5.41) is 4.32. The van der Waals surface area contributed by atoms with Crippen LogP contribution in [0.5, 0.6) is 0 Å². The van der Waals surface area contributed by atoms with Crippen molar-refractivity contribution in [3.8, 4) is 5.69 Å². The van der Waals surface area contributed by atoms with E-state index >= 15 is 0 Å². The van der Waals surface area contributed by atoms with Crippen LogP contribution in [0.4, 0.5) is 0 Å². The minimum atomic E-state index is 0.455. The Labute approximate surface area is 101 Å². The highest BCUT2D eigenvalue weighted by Crippen LogP contribution is 2.12. The van der Waals surface area contributed by atoms with E-state index in [1.165, 1.54) is 3.57 Å². The third-order valence-electron chi connectivity index (χ3n) is 1.85. The second kappa shape index (κ2) is 4.31. The highest BCUT2D eigenvalue weighted by atomic mass is 127. The molecule has 0 radical (unpaired) electrons. The monoisotopic (exact) mass is 318 g/mol. The van der Waals surface area contributed by atoms with Crippen LogP contribution < -0.4 is 0 Å². The molecular formula is C10H8ClIN2. The van der Waals surface area contributed by atoms with Gasteiger partial charge in [0.25, 0.3) is 0 Å². The molecule has 0 amide bonds. The lowest BCUT2D eigenvalue weighted by atomic mass is 10.3. The first-order chi connectivity index (χ1) is 6.79. The molecule has 72 valence electrons. The minimum absolute atomic E-state index is 0.455. The lowest BCUT2D eigenvalue weighted by Gasteiger charge is -2.00. The van der Waals surface area contributed by atoms with Crippen molar-refractivity contribution >= 4 is 34.2 Å². The van der Waals surface area contributed by atoms with Crippen LogP contribution in [-0.4, -0.2) is 9.78 Å². The normalized spacial score (nSPS) is 10.4. The molecule has 0 N–H and O–H groups in total. The van der Waals surface area contributed by atoms with Crippen LogP contribution in [0, 0.1) is 3.57 Å². The van der Waals surface area contributed by atoms with E-state index in [9.17, 15) is 0 Å². The van der Waals surface area contributed by atoms with Gasteiger partial charge in [-0.3, -0.25) is 0 Å². The van der Waals surface area contributed by atoms with Crippen molar-refractivity contribution in [1.29, 1.82) is 0 Å². The van der Waals surface area contributed by atoms with Crippen LogP contribution in [0.15, 0.2) is 36.5 Å². The Morgan fingerprint density at radius 2 is 2.21 bits per heavy atom. The second-order valence-electron chi connectivity index (χ2n) is 2.87. The summed E-state index contributed by atoms with van der Waals surface area (Å²) >= 11 is 7.96. The van der Waals surface area contributed by atoms with Gasteiger partial charge in [-0.05, 0) is 46.9 Å². The van der Waals surface area contributed by atoms with Gasteiger partial charge in [-0.25, -0.2) is 4.68 Å². The van der Waals surface area contributed by atoms with Gasteiger partial charge in [-0.2, -0.15) is 5.10 Å². The molecule has 4 heteroatoms. The summed E-state index contributed by atoms with van der Waals surface area (Å²) in [7, 11) is 0. The van der Waals surface area contributed by atoms with Gasteiger partial charge in [-0.15, -0.1) is 11.6 Å². The molecule has 0 unspecified atom stereocenters. The summed E-state index contributed by atoms with van der Waals surface area (Å²) in [5.74, 6) is 0.455. The van der Waals surface area contributed by atoms with E-state index in [2.05, 4.69) is 39.8 Å². The fraction of sp³-hybridized carbons (Fsp3) is 0.100. The maximum Gasteiger partial charge on any atom is 0.0776 e. The van der Waals surface area contributed by atoms with E-state index in [-0.39, 0.29) is 0 Å². The average molecular weight is 319 g/mol. The lowest BCUT2D eigenvalue weighted by molar-refractivity contribution is 0.858. The molecule has 2 aromatic rings. The van der Waals surface area contributed by atoms with E-state index in [0.717, 1.165) is 11.4 Å². The maximum atomic E-state index is 5.68. The Kier molecular flexibility index (Phi) is 3.08. The summed E-state index contributed by atoms with van der Waals surface area (Å²) in [6.45, 7) is 0. The molecule has 2 nitrogen and oxygen atoms in total. The molecule has 14 heavy (non-hydrogen) atoms. The fourth-order valence-corrected chi connectivity index (χ4v) is 1.86. The molecule has 1 heterocycles. The van der Waals surface area contributed by atoms with Gasteiger partial charge < -0.3 is 0 Å². The van der Waals surface area contributed by atoms with Crippen molar-refractivity contribution in [3.63, 3.8) is 0 Å². The van der Waals surface area contributed by atoms with Crippen molar-refractivity contribution in [2.75, 3.05) is 0 Å². The summed E-state index contributed by atoms with van der Waals surface area (Å²) in [4.78, 5) is 0. The average Bonchev–Trinajstić information content (AvgIpc) is 2.66. The quantitative estimate of drug-likeness (QED) is 0.614. The molecule has 1 aromatic heterocycles. The number of nitrogens with zero attached hydrogens (tertiary/aromatic N) is 2. The number of aromatic nitrogens is 2. The van der Waals surface area contributed by atoms with Gasteiger partial charge in [0.2, 0.25) is 0 Å². The predicted molar refractivity (Wildman–Crippen MR) is 65.8 cm³/mol. The van der Waals surface area contributed by atoms with Crippen LogP contribution in [0.3, 0.4) is 0 Å². The fourth-order valence-electron chi connectivity index (χ4n) is 1.20. The standard InChI is InChI=1S/C10H8ClIN2/c11-7-9-4-5-14(13-9)10-3-1-2-8(12)6-10/h1-6H,7H2. The maximum absolute atomic E-state index is 5.68. The van der Waals surface area contributed by atoms with Gasteiger partial charge in [0, 0.05) is 9.77 Å². The summed E-state index contributed by atoms with van der Waals surface area (Å²) in [6, 6.07) is 10.1. The third-order valence-corrected chi connectivity index (χ3v) is 2.80. The van der Waals surface area contributed by atoms with E-state index < -0.39 is 0 Å². The van der Waals surface area contributed by atoms with Gasteiger partial charge in [-0.1, -0.05) is 6.07 Å². The highest BCUT2D eigenvalue weighted by Gasteiger charge is 1.99. The zero-order chi connectivity index (χ0) is 9.97. The van der Waals surface area contributed by atoms with Gasteiger partial charge in [0.1, 0.15) is 0 Å². The third kappa shape index (κ3) is 2.09. The van der Waals surface area contributed by atoms with Crippen LogP contribution in [-0.2, 0) is 5.88 Å². The van der Waals surface area contributed by atoms with E-state index in [0.29, 0.717) is 5.88 Å². The predicted octanol–water partition coefficient (Wildman–Crippen LogP) is 3.22. The van der Waals surface area contributed by atoms with E-state index in [4.69, 9.17) is 11.6 Å². The van der Waals surface area contributed by atoms with Crippen molar-refractivity contribution < 1.29 is 0 Å². The van der Waals surface area contributed by atoms with Crippen molar-refractivity contribution in [2.24, 2.45) is 0 Å². The van der Waals surface area contributed by atoms with Crippen LogP contribution in [0.2, 0.25) is 0 Å². The number of rotatable bonds is 2. The molecule has 0 fully saturated rings. The summed E-state index contributed by atoms with van der Waals surface area (Å²) in [5.41, 5.74) is 1.96. The molecule has 0 bridgehead atoms. The van der Waals surface area contributed by atoms with Crippen LogP contribution >= 0.6 is 34.2 Å². The van der Waals surface area contributed by atoms with Gasteiger partial charge >= 0.3 is 0 Å². The zero-order valence-corrected chi connectivity index (χ0v) is 10.2. The molecule has 0 atom stereocenters. The van der Waals surface area contributed by atoms with Crippen molar-refractivity contribution in [1.82, 2.24) is 9.78 Å². The van der Waals surface area contributed by atoms with Gasteiger partial charge in [0.15, 0.2) is 0 Å². The van der Waals surface area contributed by atoms with Crippen molar-refractivity contribution in [2.45, 2.75) is 5.88 Å². The molecule has 2 rings (SSSR count). The topological polar surface area (TPSA) is 17.8 Å². The zero-order valence-electron chi connectivity index (χ0n) is 7.32. The Balaban J connectivity index is 2.39. The molecule has 0 aliphatic heterocycles.